The number of benzene rings is 2. The zero-order valence-electron chi connectivity index (χ0n) is 13.9. The summed E-state index contributed by atoms with van der Waals surface area (Å²) in [5.74, 6) is -2.37. The molecule has 0 heterocycles. The minimum atomic E-state index is -1.49. The Morgan fingerprint density at radius 1 is 0.846 bits per heavy atom. The molecule has 0 aliphatic heterocycles. The van der Waals surface area contributed by atoms with E-state index in [1.165, 1.54) is 0 Å². The number of carbonyl (C=O) groups excluding carboxylic acids is 3. The van der Waals surface area contributed by atoms with Gasteiger partial charge in [0.05, 0.1) is 0 Å². The summed E-state index contributed by atoms with van der Waals surface area (Å²) in [4.78, 5) is 34.7. The molecule has 1 amide bonds. The van der Waals surface area contributed by atoms with Crippen LogP contribution in [-0.4, -0.2) is 24.1 Å². The Labute approximate surface area is 150 Å². The lowest BCUT2D eigenvalue weighted by molar-refractivity contribution is -0.306. The number of hydrogen-bond acceptors (Lipinski definition) is 6. The highest BCUT2D eigenvalue weighted by Crippen LogP contribution is 2.05. The minimum absolute atomic E-state index is 0.0101. The molecule has 1 N–H and O–H groups in total. The molecule has 2 aromatic rings. The molecule has 0 aliphatic carbocycles. The van der Waals surface area contributed by atoms with Crippen molar-refractivity contribution in [3.8, 4) is 0 Å². The maximum atomic E-state index is 12.1. The van der Waals surface area contributed by atoms with E-state index in [0.29, 0.717) is 0 Å². The van der Waals surface area contributed by atoms with Crippen molar-refractivity contribution in [2.45, 2.75) is 25.7 Å². The standard InChI is InChI=1S/C19H19NO6/c21-17(22)11-16(18(23)25-12-14-7-3-1-4-8-14)20-19(24)26-13-15-9-5-2-6-10-15/h1-10,16H,11-13H2,(H,20,24)(H,21,22)/p-1/t16-/m0/s1. The van der Waals surface area contributed by atoms with Gasteiger partial charge < -0.3 is 24.7 Å². The lowest BCUT2D eigenvalue weighted by Gasteiger charge is -2.18. The molecule has 0 saturated heterocycles. The maximum absolute atomic E-state index is 12.1. The highest BCUT2D eigenvalue weighted by atomic mass is 16.6. The number of nitrogens with one attached hydrogen (secondary N) is 1. The van der Waals surface area contributed by atoms with E-state index >= 15 is 0 Å². The second-order valence-corrected chi connectivity index (χ2v) is 5.43. The van der Waals surface area contributed by atoms with Crippen molar-refractivity contribution in [2.24, 2.45) is 0 Å². The monoisotopic (exact) mass is 356 g/mol. The van der Waals surface area contributed by atoms with Crippen molar-refractivity contribution in [2.75, 3.05) is 0 Å². The van der Waals surface area contributed by atoms with E-state index in [4.69, 9.17) is 9.47 Å². The molecule has 0 aliphatic rings. The number of carboxylic acid groups (broad SMARTS) is 1. The molecule has 2 rings (SSSR count). The summed E-state index contributed by atoms with van der Waals surface area (Å²) >= 11 is 0. The Bertz CT molecular complexity index is 732. The molecular formula is C19H18NO6-. The fourth-order valence-electron chi connectivity index (χ4n) is 2.10. The first-order valence-corrected chi connectivity index (χ1v) is 7.92. The van der Waals surface area contributed by atoms with E-state index in [2.05, 4.69) is 5.32 Å². The normalized spacial score (nSPS) is 11.2. The lowest BCUT2D eigenvalue weighted by atomic mass is 10.2. The molecule has 0 radical (unpaired) electrons. The van der Waals surface area contributed by atoms with E-state index in [9.17, 15) is 19.5 Å². The minimum Gasteiger partial charge on any atom is -0.550 e. The van der Waals surface area contributed by atoms with Crippen LogP contribution in [0.3, 0.4) is 0 Å². The SMILES string of the molecule is O=C([O-])C[C@H](NC(=O)OCc1ccccc1)C(=O)OCc1ccccc1. The topological polar surface area (TPSA) is 105 Å². The fourth-order valence-corrected chi connectivity index (χ4v) is 2.10. The van der Waals surface area contributed by atoms with E-state index in [-0.39, 0.29) is 13.2 Å². The number of ether oxygens (including phenoxy) is 2. The van der Waals surface area contributed by atoms with Gasteiger partial charge in [0.1, 0.15) is 19.3 Å². The number of hydrogen-bond donors (Lipinski definition) is 1. The lowest BCUT2D eigenvalue weighted by Crippen LogP contribution is -2.45. The molecule has 136 valence electrons. The molecular weight excluding hydrogens is 338 g/mol. The number of carbonyl (C=O) groups is 3. The first-order valence-electron chi connectivity index (χ1n) is 7.92. The summed E-state index contributed by atoms with van der Waals surface area (Å²) in [6.45, 7) is -0.0479. The van der Waals surface area contributed by atoms with Gasteiger partial charge in [-0.05, 0) is 11.1 Å². The number of aliphatic carboxylic acids is 1. The summed E-state index contributed by atoms with van der Waals surface area (Å²) in [6.07, 6.45) is -1.63. The van der Waals surface area contributed by atoms with E-state index < -0.39 is 30.5 Å². The van der Waals surface area contributed by atoms with Gasteiger partial charge >= 0.3 is 12.1 Å². The summed E-state index contributed by atoms with van der Waals surface area (Å²) in [5.41, 5.74) is 1.49. The van der Waals surface area contributed by atoms with E-state index in [1.54, 1.807) is 48.5 Å². The Hall–Kier alpha value is -3.35. The molecule has 2 aromatic carbocycles. The second kappa shape index (κ2) is 9.83. The van der Waals surface area contributed by atoms with Crippen LogP contribution in [0, 0.1) is 0 Å². The summed E-state index contributed by atoms with van der Waals surface area (Å²) < 4.78 is 10.0. The van der Waals surface area contributed by atoms with Crippen LogP contribution < -0.4 is 10.4 Å². The first-order chi connectivity index (χ1) is 12.5. The number of rotatable bonds is 8. The average molecular weight is 356 g/mol. The maximum Gasteiger partial charge on any atom is 0.408 e. The Morgan fingerprint density at radius 2 is 1.35 bits per heavy atom. The Kier molecular flexibility index (Phi) is 7.17. The molecule has 0 aromatic heterocycles. The van der Waals surface area contributed by atoms with Crippen LogP contribution in [0.15, 0.2) is 60.7 Å². The van der Waals surface area contributed by atoms with Gasteiger partial charge in [0.25, 0.3) is 0 Å². The van der Waals surface area contributed by atoms with Gasteiger partial charge in [-0.25, -0.2) is 9.59 Å². The first kappa shape index (κ1) is 19.0. The number of esters is 1. The number of carboxylic acids is 1. The van der Waals surface area contributed by atoms with E-state index in [0.717, 1.165) is 11.1 Å². The molecule has 7 heteroatoms. The largest absolute Gasteiger partial charge is 0.550 e. The molecule has 0 fully saturated rings. The van der Waals surface area contributed by atoms with Gasteiger partial charge in [-0.15, -0.1) is 0 Å². The van der Waals surface area contributed by atoms with Crippen LogP contribution in [0.25, 0.3) is 0 Å². The average Bonchev–Trinajstić information content (AvgIpc) is 2.65. The van der Waals surface area contributed by atoms with Crippen molar-refractivity contribution >= 4 is 18.0 Å². The van der Waals surface area contributed by atoms with Crippen molar-refractivity contribution in [3.05, 3.63) is 71.8 Å². The van der Waals surface area contributed by atoms with Gasteiger partial charge in [-0.2, -0.15) is 0 Å². The van der Waals surface area contributed by atoms with Crippen LogP contribution >= 0.6 is 0 Å². The Balaban J connectivity index is 1.87. The third-order valence-electron chi connectivity index (χ3n) is 3.38. The third kappa shape index (κ3) is 6.64. The van der Waals surface area contributed by atoms with E-state index in [1.807, 2.05) is 12.1 Å². The molecule has 0 unspecified atom stereocenters. The summed E-state index contributed by atoms with van der Waals surface area (Å²) in [7, 11) is 0. The van der Waals surface area contributed by atoms with Crippen molar-refractivity contribution in [1.82, 2.24) is 5.32 Å². The molecule has 0 spiro atoms. The van der Waals surface area contributed by atoms with Crippen LogP contribution in [-0.2, 0) is 32.3 Å². The van der Waals surface area contributed by atoms with Crippen LogP contribution in [0.2, 0.25) is 0 Å². The number of alkyl carbamates (subject to hydrolysis) is 1. The van der Waals surface area contributed by atoms with Crippen molar-refractivity contribution < 1.29 is 29.0 Å². The fraction of sp³-hybridized carbons (Fsp3) is 0.211. The Morgan fingerprint density at radius 3 is 1.85 bits per heavy atom. The molecule has 1 atom stereocenters. The van der Waals surface area contributed by atoms with Crippen molar-refractivity contribution in [1.29, 1.82) is 0 Å². The molecule has 26 heavy (non-hydrogen) atoms. The highest BCUT2D eigenvalue weighted by Gasteiger charge is 2.23. The number of amides is 1. The molecule has 0 saturated carbocycles. The smallest absolute Gasteiger partial charge is 0.408 e. The molecule has 0 bridgehead atoms. The van der Waals surface area contributed by atoms with Crippen molar-refractivity contribution in [3.63, 3.8) is 0 Å². The van der Waals surface area contributed by atoms with Gasteiger partial charge in [-0.3, -0.25) is 0 Å². The predicted molar refractivity (Wildman–Crippen MR) is 89.4 cm³/mol. The van der Waals surface area contributed by atoms with Gasteiger partial charge in [0.2, 0.25) is 0 Å². The van der Waals surface area contributed by atoms with Crippen LogP contribution in [0.4, 0.5) is 4.79 Å². The summed E-state index contributed by atoms with van der Waals surface area (Å²) in [6, 6.07) is 16.4. The van der Waals surface area contributed by atoms with Gasteiger partial charge in [-0.1, -0.05) is 60.7 Å². The summed E-state index contributed by atoms with van der Waals surface area (Å²) in [5, 5.41) is 13.0. The third-order valence-corrected chi connectivity index (χ3v) is 3.38. The quantitative estimate of drug-likeness (QED) is 0.712. The highest BCUT2D eigenvalue weighted by molar-refractivity contribution is 5.85. The zero-order valence-corrected chi connectivity index (χ0v) is 13.9. The molecule has 7 nitrogen and oxygen atoms in total. The van der Waals surface area contributed by atoms with Crippen LogP contribution in [0.5, 0.6) is 0 Å². The predicted octanol–water partition coefficient (Wildman–Crippen LogP) is 1.16. The van der Waals surface area contributed by atoms with Gasteiger partial charge in [0, 0.05) is 12.4 Å². The second-order valence-electron chi connectivity index (χ2n) is 5.43. The van der Waals surface area contributed by atoms with Crippen LogP contribution in [0.1, 0.15) is 17.5 Å². The van der Waals surface area contributed by atoms with Gasteiger partial charge in [0.15, 0.2) is 0 Å². The zero-order chi connectivity index (χ0) is 18.8.